The Morgan fingerprint density at radius 2 is 1.90 bits per heavy atom. The van der Waals surface area contributed by atoms with Crippen molar-refractivity contribution in [3.05, 3.63) is 72.1 Å². The fourth-order valence-corrected chi connectivity index (χ4v) is 5.82. The van der Waals surface area contributed by atoms with Crippen LogP contribution in [0.5, 0.6) is 0 Å². The number of aromatic amines is 1. The van der Waals surface area contributed by atoms with Crippen molar-refractivity contribution in [2.24, 2.45) is 5.73 Å². The Kier molecular flexibility index (Phi) is 3.94. The number of amides is 1. The molecule has 3 heterocycles. The predicted molar refractivity (Wildman–Crippen MR) is 109 cm³/mol. The number of hydrogen-bond donors (Lipinski definition) is 2. The van der Waals surface area contributed by atoms with Crippen LogP contribution >= 0.6 is 0 Å². The fraction of sp³-hybridized carbons (Fsp3) is 0.143. The van der Waals surface area contributed by atoms with E-state index in [0.717, 1.165) is 22.2 Å². The molecule has 2 aromatic heterocycles. The number of nitrogens with zero attached hydrogens (tertiary/aromatic N) is 2. The van der Waals surface area contributed by atoms with E-state index in [4.69, 9.17) is 5.73 Å². The summed E-state index contributed by atoms with van der Waals surface area (Å²) in [5.74, 6) is -0.669. The van der Waals surface area contributed by atoms with E-state index < -0.39 is 22.0 Å². The summed E-state index contributed by atoms with van der Waals surface area (Å²) in [5.41, 5.74) is 8.64. The van der Waals surface area contributed by atoms with Crippen LogP contribution in [0.2, 0.25) is 0 Å². The van der Waals surface area contributed by atoms with Crippen LogP contribution in [0.1, 0.15) is 11.3 Å². The molecule has 1 amide bonds. The third-order valence-electron chi connectivity index (χ3n) is 5.47. The number of nitrogens with two attached hydrogens (primary N) is 1. The highest BCUT2D eigenvalue weighted by molar-refractivity contribution is 7.89. The van der Waals surface area contributed by atoms with E-state index in [2.05, 4.69) is 9.97 Å². The van der Waals surface area contributed by atoms with E-state index in [9.17, 15) is 13.2 Å². The first-order valence-electron chi connectivity index (χ1n) is 9.20. The van der Waals surface area contributed by atoms with E-state index in [-0.39, 0.29) is 17.9 Å². The number of carbonyl (C=O) groups excluding carboxylic acids is 1. The number of benzene rings is 2. The molecule has 1 unspecified atom stereocenters. The minimum absolute atomic E-state index is 0.0448. The number of pyridine rings is 1. The summed E-state index contributed by atoms with van der Waals surface area (Å²) in [6.45, 7) is 0.0448. The summed E-state index contributed by atoms with van der Waals surface area (Å²) in [7, 11) is -4.01. The van der Waals surface area contributed by atoms with Crippen molar-refractivity contribution in [2.75, 3.05) is 0 Å². The van der Waals surface area contributed by atoms with Crippen molar-refractivity contribution in [1.82, 2.24) is 14.3 Å². The SMILES string of the molecule is NC(=O)C1Cc2c([nH]c3ccccc23)CN1S(=O)(=O)c1cccc2cccnc12. The zero-order chi connectivity index (χ0) is 20.2. The molecule has 3 N–H and O–H groups in total. The number of sulfonamides is 1. The van der Waals surface area contributed by atoms with E-state index in [1.807, 2.05) is 24.3 Å². The second-order valence-corrected chi connectivity index (χ2v) is 8.99. The highest BCUT2D eigenvalue weighted by Gasteiger charge is 2.40. The molecule has 0 saturated carbocycles. The fourth-order valence-electron chi connectivity index (χ4n) is 4.09. The molecule has 0 radical (unpaired) electrons. The lowest BCUT2D eigenvalue weighted by atomic mass is 9.98. The number of primary amides is 1. The number of H-pyrrole nitrogens is 1. The molecule has 29 heavy (non-hydrogen) atoms. The third-order valence-corrected chi connectivity index (χ3v) is 7.36. The van der Waals surface area contributed by atoms with Crippen molar-refractivity contribution in [3.8, 4) is 0 Å². The van der Waals surface area contributed by atoms with E-state index in [1.54, 1.807) is 30.5 Å². The molecule has 146 valence electrons. The Morgan fingerprint density at radius 3 is 2.72 bits per heavy atom. The van der Waals surface area contributed by atoms with E-state index in [1.165, 1.54) is 10.4 Å². The van der Waals surface area contributed by atoms with Crippen LogP contribution < -0.4 is 5.73 Å². The van der Waals surface area contributed by atoms with Gasteiger partial charge < -0.3 is 10.7 Å². The van der Waals surface area contributed by atoms with Crippen LogP contribution in [0, 0.1) is 0 Å². The van der Waals surface area contributed by atoms with Gasteiger partial charge in [-0.1, -0.05) is 36.4 Å². The Morgan fingerprint density at radius 1 is 1.10 bits per heavy atom. The van der Waals surface area contributed by atoms with Crippen molar-refractivity contribution in [2.45, 2.75) is 23.9 Å². The molecule has 5 rings (SSSR count). The van der Waals surface area contributed by atoms with Gasteiger partial charge in [-0.3, -0.25) is 9.78 Å². The minimum atomic E-state index is -4.01. The summed E-state index contributed by atoms with van der Waals surface area (Å²) in [5, 5.41) is 1.70. The standard InChI is InChI=1S/C21H18N4O3S/c22-21(26)18-11-15-14-7-1-2-8-16(14)24-17(15)12-25(18)29(27,28)19-9-3-5-13-6-4-10-23-20(13)19/h1-10,18,24H,11-12H2,(H2,22,26). The monoisotopic (exact) mass is 406 g/mol. The number of rotatable bonds is 3. The van der Waals surface area contributed by atoms with Crippen molar-refractivity contribution >= 4 is 37.7 Å². The van der Waals surface area contributed by atoms with Crippen molar-refractivity contribution < 1.29 is 13.2 Å². The lowest BCUT2D eigenvalue weighted by molar-refractivity contribution is -0.122. The number of nitrogens with one attached hydrogen (secondary N) is 1. The summed E-state index contributed by atoms with van der Waals surface area (Å²) < 4.78 is 28.4. The number of aromatic nitrogens is 2. The van der Waals surface area contributed by atoms with E-state index >= 15 is 0 Å². The van der Waals surface area contributed by atoms with Crippen LogP contribution in [-0.2, 0) is 27.8 Å². The normalized spacial score (nSPS) is 17.4. The van der Waals surface area contributed by atoms with Crippen molar-refractivity contribution in [3.63, 3.8) is 0 Å². The molecule has 0 saturated heterocycles. The molecule has 0 bridgehead atoms. The number of hydrogen-bond acceptors (Lipinski definition) is 4. The molecule has 0 aliphatic carbocycles. The van der Waals surface area contributed by atoms with Crippen molar-refractivity contribution in [1.29, 1.82) is 0 Å². The predicted octanol–water partition coefficient (Wildman–Crippen LogP) is 2.32. The minimum Gasteiger partial charge on any atom is -0.368 e. The van der Waals surface area contributed by atoms with Gasteiger partial charge in [-0.05, 0) is 23.8 Å². The van der Waals surface area contributed by atoms with Gasteiger partial charge in [0.15, 0.2) is 0 Å². The Bertz CT molecular complexity index is 1370. The highest BCUT2D eigenvalue weighted by Crippen LogP contribution is 2.34. The maximum Gasteiger partial charge on any atom is 0.246 e. The second kappa shape index (κ2) is 6.40. The average molecular weight is 406 g/mol. The Balaban J connectivity index is 1.68. The van der Waals surface area contributed by atoms with Gasteiger partial charge in [-0.2, -0.15) is 4.31 Å². The highest BCUT2D eigenvalue weighted by atomic mass is 32.2. The molecule has 2 aromatic carbocycles. The Labute approximate surface area is 167 Å². The molecule has 8 heteroatoms. The number of fused-ring (bicyclic) bond motifs is 4. The van der Waals surface area contributed by atoms with Gasteiger partial charge in [0.25, 0.3) is 0 Å². The molecule has 4 aromatic rings. The van der Waals surface area contributed by atoms with Gasteiger partial charge in [-0.15, -0.1) is 0 Å². The van der Waals surface area contributed by atoms with Gasteiger partial charge in [-0.25, -0.2) is 8.42 Å². The second-order valence-electron chi connectivity index (χ2n) is 7.13. The quantitative estimate of drug-likeness (QED) is 0.544. The first-order chi connectivity index (χ1) is 14.0. The molecular formula is C21H18N4O3S. The van der Waals surface area contributed by atoms with Crippen LogP contribution in [0.25, 0.3) is 21.8 Å². The van der Waals surface area contributed by atoms with Crippen LogP contribution in [0.15, 0.2) is 65.7 Å². The molecule has 1 aliphatic heterocycles. The third kappa shape index (κ3) is 2.72. The Hall–Kier alpha value is -3.23. The van der Waals surface area contributed by atoms with Crippen LogP contribution in [0.3, 0.4) is 0 Å². The maximum atomic E-state index is 13.6. The maximum absolute atomic E-state index is 13.6. The average Bonchev–Trinajstić information content (AvgIpc) is 3.10. The molecular weight excluding hydrogens is 388 g/mol. The largest absolute Gasteiger partial charge is 0.368 e. The molecule has 7 nitrogen and oxygen atoms in total. The first kappa shape index (κ1) is 17.8. The van der Waals surface area contributed by atoms with Gasteiger partial charge in [0, 0.05) is 34.6 Å². The summed E-state index contributed by atoms with van der Waals surface area (Å²) in [6.07, 6.45) is 1.78. The first-order valence-corrected chi connectivity index (χ1v) is 10.6. The smallest absolute Gasteiger partial charge is 0.246 e. The molecule has 1 aliphatic rings. The van der Waals surface area contributed by atoms with Crippen LogP contribution in [0.4, 0.5) is 0 Å². The van der Waals surface area contributed by atoms with Gasteiger partial charge in [0.05, 0.1) is 12.1 Å². The lowest BCUT2D eigenvalue weighted by Crippen LogP contribution is -2.51. The van der Waals surface area contributed by atoms with E-state index in [0.29, 0.717) is 10.9 Å². The number of para-hydroxylation sites is 2. The summed E-state index contributed by atoms with van der Waals surface area (Å²) in [6, 6.07) is 15.3. The van der Waals surface area contributed by atoms with Crippen LogP contribution in [-0.4, -0.2) is 34.6 Å². The molecule has 1 atom stereocenters. The summed E-state index contributed by atoms with van der Waals surface area (Å²) >= 11 is 0. The van der Waals surface area contributed by atoms with Gasteiger partial charge in [0.2, 0.25) is 15.9 Å². The number of carbonyl (C=O) groups is 1. The zero-order valence-electron chi connectivity index (χ0n) is 15.4. The van der Waals surface area contributed by atoms with Gasteiger partial charge >= 0.3 is 0 Å². The lowest BCUT2D eigenvalue weighted by Gasteiger charge is -2.33. The topological polar surface area (TPSA) is 109 Å². The van der Waals surface area contributed by atoms with Gasteiger partial charge in [0.1, 0.15) is 10.9 Å². The summed E-state index contributed by atoms with van der Waals surface area (Å²) in [4.78, 5) is 19.9. The zero-order valence-corrected chi connectivity index (χ0v) is 16.2. The molecule has 0 spiro atoms. The molecule has 0 fully saturated rings.